The summed E-state index contributed by atoms with van der Waals surface area (Å²) in [6.07, 6.45) is 11.7. The molecule has 2 heterocycles. The van der Waals surface area contributed by atoms with E-state index >= 15 is 0 Å². The topological polar surface area (TPSA) is 57.0 Å². The van der Waals surface area contributed by atoms with Crippen LogP contribution >= 0.6 is 0 Å². The summed E-state index contributed by atoms with van der Waals surface area (Å²) in [6.45, 7) is -0.156. The lowest BCUT2D eigenvalue weighted by molar-refractivity contribution is -0.142. The van der Waals surface area contributed by atoms with Gasteiger partial charge in [-0.1, -0.05) is 19.3 Å². The van der Waals surface area contributed by atoms with Crippen LogP contribution in [0.4, 0.5) is 0 Å². The molecule has 0 unspecified atom stereocenters. The number of fused-ring (bicyclic) bond motifs is 1. The monoisotopic (exact) mass is 355 g/mol. The fourth-order valence-electron chi connectivity index (χ4n) is 4.06. The summed E-state index contributed by atoms with van der Waals surface area (Å²) >= 11 is 0. The van der Waals surface area contributed by atoms with Gasteiger partial charge < -0.3 is 13.9 Å². The van der Waals surface area contributed by atoms with Crippen LogP contribution in [0.25, 0.3) is 5.52 Å². The van der Waals surface area contributed by atoms with E-state index in [1.165, 1.54) is 13.5 Å². The second-order valence-corrected chi connectivity index (χ2v) is 7.43. The molecule has 0 atom stereocenters. The van der Waals surface area contributed by atoms with Crippen molar-refractivity contribution in [2.45, 2.75) is 50.9 Å². The van der Waals surface area contributed by atoms with Crippen molar-refractivity contribution in [3.63, 3.8) is 0 Å². The second kappa shape index (κ2) is 7.14. The molecule has 2 aliphatic rings. The van der Waals surface area contributed by atoms with Crippen molar-refractivity contribution in [3.05, 3.63) is 35.7 Å². The number of carbonyl (C=O) groups excluding carboxylic acids is 2. The normalized spacial score (nSPS) is 18.0. The molecule has 26 heavy (non-hydrogen) atoms. The molecule has 0 amide bonds. The maximum absolute atomic E-state index is 13.4. The van der Waals surface area contributed by atoms with Crippen molar-refractivity contribution in [1.82, 2.24) is 4.40 Å². The van der Waals surface area contributed by atoms with Gasteiger partial charge in [0.1, 0.15) is 5.75 Å². The fraction of sp³-hybridized carbons (Fsp3) is 0.524. The molecule has 2 aromatic rings. The molecule has 2 fully saturated rings. The van der Waals surface area contributed by atoms with Crippen LogP contribution in [0.3, 0.4) is 0 Å². The Morgan fingerprint density at radius 1 is 1.15 bits per heavy atom. The van der Waals surface area contributed by atoms with Gasteiger partial charge in [-0.05, 0) is 49.3 Å². The van der Waals surface area contributed by atoms with Gasteiger partial charge in [0.15, 0.2) is 12.4 Å². The summed E-state index contributed by atoms with van der Waals surface area (Å²) in [5, 5.41) is 0. The number of nitrogens with zero attached hydrogens (tertiary/aromatic N) is 1. The van der Waals surface area contributed by atoms with Crippen LogP contribution < -0.4 is 4.74 Å². The summed E-state index contributed by atoms with van der Waals surface area (Å²) in [5.74, 6) is 0.986. The number of Topliss-reactive ketones (excluding diaryl/α,β-unsaturated/α-hetero) is 1. The minimum absolute atomic E-state index is 0.112. The zero-order valence-electron chi connectivity index (χ0n) is 15.2. The van der Waals surface area contributed by atoms with E-state index in [0.29, 0.717) is 11.7 Å². The molecule has 5 nitrogen and oxygen atoms in total. The van der Waals surface area contributed by atoms with Gasteiger partial charge >= 0.3 is 5.97 Å². The molecule has 0 aromatic carbocycles. The average molecular weight is 355 g/mol. The number of ether oxygens (including phenoxy) is 2. The van der Waals surface area contributed by atoms with E-state index in [1.54, 1.807) is 0 Å². The third-order valence-corrected chi connectivity index (χ3v) is 5.60. The molecule has 0 spiro atoms. The zero-order chi connectivity index (χ0) is 18.1. The molecule has 0 bridgehead atoms. The number of hydrogen-bond acceptors (Lipinski definition) is 4. The number of ketones is 1. The second-order valence-electron chi connectivity index (χ2n) is 7.43. The number of hydrogen-bond donors (Lipinski definition) is 0. The molecular formula is C21H25NO4. The molecule has 0 N–H and O–H groups in total. The van der Waals surface area contributed by atoms with E-state index in [-0.39, 0.29) is 18.3 Å². The molecule has 2 aromatic heterocycles. The molecule has 5 heteroatoms. The third-order valence-electron chi connectivity index (χ3n) is 5.60. The molecule has 0 radical (unpaired) electrons. The van der Waals surface area contributed by atoms with Gasteiger partial charge in [0, 0.05) is 18.3 Å². The van der Waals surface area contributed by atoms with Gasteiger partial charge in [-0.15, -0.1) is 0 Å². The van der Waals surface area contributed by atoms with E-state index < -0.39 is 5.97 Å². The Morgan fingerprint density at radius 2 is 1.92 bits per heavy atom. The third kappa shape index (κ3) is 3.22. The van der Waals surface area contributed by atoms with E-state index in [4.69, 9.17) is 4.74 Å². The van der Waals surface area contributed by atoms with Crippen LogP contribution in [-0.2, 0) is 9.53 Å². The summed E-state index contributed by atoms with van der Waals surface area (Å²) in [6, 6.07) is 3.71. The zero-order valence-corrected chi connectivity index (χ0v) is 15.2. The van der Waals surface area contributed by atoms with Gasteiger partial charge in [0.2, 0.25) is 0 Å². The summed E-state index contributed by atoms with van der Waals surface area (Å²) < 4.78 is 12.4. The maximum atomic E-state index is 13.4. The summed E-state index contributed by atoms with van der Waals surface area (Å²) in [4.78, 5) is 24.9. The van der Waals surface area contributed by atoms with E-state index in [0.717, 1.165) is 55.2 Å². The molecule has 2 aliphatic carbocycles. The first kappa shape index (κ1) is 17.1. The lowest BCUT2D eigenvalue weighted by Gasteiger charge is -2.21. The minimum atomic E-state index is -0.430. The number of rotatable bonds is 6. The Morgan fingerprint density at radius 3 is 2.62 bits per heavy atom. The predicted molar refractivity (Wildman–Crippen MR) is 97.8 cm³/mol. The predicted octanol–water partition coefficient (Wildman–Crippen LogP) is 4.13. The van der Waals surface area contributed by atoms with Gasteiger partial charge in [-0.25, -0.2) is 4.79 Å². The molecule has 138 valence electrons. The molecular weight excluding hydrogens is 330 g/mol. The minimum Gasteiger partial charge on any atom is -0.480 e. The van der Waals surface area contributed by atoms with E-state index in [9.17, 15) is 9.59 Å². The lowest BCUT2D eigenvalue weighted by atomic mass is 9.83. The highest BCUT2D eigenvalue weighted by molar-refractivity contribution is 6.07. The first-order valence-corrected chi connectivity index (χ1v) is 9.56. The SMILES string of the molecule is COC(=O)COc1cccn2cc(C3CC3)c(C(=O)C3CCCCC3)c12. The summed E-state index contributed by atoms with van der Waals surface area (Å²) in [7, 11) is 1.34. The lowest BCUT2D eigenvalue weighted by Crippen LogP contribution is -2.19. The van der Waals surface area contributed by atoms with Crippen molar-refractivity contribution in [2.24, 2.45) is 5.92 Å². The van der Waals surface area contributed by atoms with Crippen LogP contribution in [-0.4, -0.2) is 29.9 Å². The highest BCUT2D eigenvalue weighted by atomic mass is 16.6. The Hall–Kier alpha value is -2.30. The van der Waals surface area contributed by atoms with Crippen molar-refractivity contribution in [2.75, 3.05) is 13.7 Å². The standard InChI is InChI=1S/C21H25NO4/c1-25-18(23)13-26-17-8-5-11-22-12-16(14-9-10-14)19(20(17)22)21(24)15-6-3-2-4-7-15/h5,8,11-12,14-15H,2-4,6-7,9-10,13H2,1H3. The van der Waals surface area contributed by atoms with Crippen molar-refractivity contribution < 1.29 is 19.1 Å². The Labute approximate surface area is 153 Å². The molecule has 4 rings (SSSR count). The quantitative estimate of drug-likeness (QED) is 0.577. The largest absolute Gasteiger partial charge is 0.480 e. The van der Waals surface area contributed by atoms with Crippen molar-refractivity contribution in [1.29, 1.82) is 0 Å². The van der Waals surface area contributed by atoms with Crippen molar-refractivity contribution in [3.8, 4) is 5.75 Å². The van der Waals surface area contributed by atoms with Gasteiger partial charge in [0.05, 0.1) is 18.2 Å². The first-order chi connectivity index (χ1) is 12.7. The highest BCUT2D eigenvalue weighted by Crippen LogP contribution is 2.45. The van der Waals surface area contributed by atoms with Crippen LogP contribution in [0.1, 0.15) is 66.8 Å². The van der Waals surface area contributed by atoms with E-state index in [2.05, 4.69) is 10.9 Å². The smallest absolute Gasteiger partial charge is 0.343 e. The number of methoxy groups -OCH3 is 1. The van der Waals surface area contributed by atoms with E-state index in [1.807, 2.05) is 22.7 Å². The van der Waals surface area contributed by atoms with Gasteiger partial charge in [0.25, 0.3) is 0 Å². The number of pyridine rings is 1. The molecule has 2 saturated carbocycles. The van der Waals surface area contributed by atoms with Crippen LogP contribution in [0.2, 0.25) is 0 Å². The van der Waals surface area contributed by atoms with Crippen LogP contribution in [0, 0.1) is 5.92 Å². The number of carbonyl (C=O) groups is 2. The van der Waals surface area contributed by atoms with Gasteiger partial charge in [-0.2, -0.15) is 0 Å². The van der Waals surface area contributed by atoms with Crippen LogP contribution in [0.15, 0.2) is 24.5 Å². The highest BCUT2D eigenvalue weighted by Gasteiger charge is 2.34. The van der Waals surface area contributed by atoms with Crippen LogP contribution in [0.5, 0.6) is 5.75 Å². The number of esters is 1. The number of aromatic nitrogens is 1. The maximum Gasteiger partial charge on any atom is 0.343 e. The molecule has 0 saturated heterocycles. The molecule has 0 aliphatic heterocycles. The van der Waals surface area contributed by atoms with Gasteiger partial charge in [-0.3, -0.25) is 4.79 Å². The Bertz CT molecular complexity index is 828. The fourth-order valence-corrected chi connectivity index (χ4v) is 4.06. The Kier molecular flexibility index (Phi) is 4.70. The average Bonchev–Trinajstić information content (AvgIpc) is 3.46. The Balaban J connectivity index is 1.76. The summed E-state index contributed by atoms with van der Waals surface area (Å²) in [5.41, 5.74) is 2.77. The van der Waals surface area contributed by atoms with Crippen molar-refractivity contribution >= 4 is 17.3 Å². The first-order valence-electron chi connectivity index (χ1n) is 9.56.